The number of aryl methyl sites for hydroxylation is 1. The van der Waals surface area contributed by atoms with Crippen molar-refractivity contribution in [3.05, 3.63) is 65.7 Å². The Labute approximate surface area is 159 Å². The predicted octanol–water partition coefficient (Wildman–Crippen LogP) is 3.95. The molecule has 0 spiro atoms. The van der Waals surface area contributed by atoms with Crippen LogP contribution < -0.4 is 11.1 Å². The maximum Gasteiger partial charge on any atom is 0.256 e. The maximum atomic E-state index is 12.6. The first-order chi connectivity index (χ1) is 12.5. The van der Waals surface area contributed by atoms with Crippen molar-refractivity contribution in [3.8, 4) is 11.3 Å². The molecule has 2 aromatic carbocycles. The summed E-state index contributed by atoms with van der Waals surface area (Å²) in [6.45, 7) is 1.97. The Morgan fingerprint density at radius 1 is 1.12 bits per heavy atom. The highest BCUT2D eigenvalue weighted by atomic mass is 32.2. The Bertz CT molecular complexity index is 922. The van der Waals surface area contributed by atoms with Crippen LogP contribution in [-0.2, 0) is 4.79 Å². The molecule has 3 aromatic rings. The van der Waals surface area contributed by atoms with Gasteiger partial charge in [-0.05, 0) is 19.1 Å². The second-order valence-corrected chi connectivity index (χ2v) is 7.82. The lowest BCUT2D eigenvalue weighted by Gasteiger charge is -2.05. The van der Waals surface area contributed by atoms with E-state index in [1.54, 1.807) is 12.1 Å². The second-order valence-electron chi connectivity index (χ2n) is 5.60. The molecule has 0 radical (unpaired) electrons. The lowest BCUT2D eigenvalue weighted by atomic mass is 10.1. The van der Waals surface area contributed by atoms with Gasteiger partial charge in [0.05, 0.1) is 5.75 Å². The smallest absolute Gasteiger partial charge is 0.256 e. The fraction of sp³-hybridized carbons (Fsp3) is 0.105. The molecule has 3 N–H and O–H groups in total. The minimum absolute atomic E-state index is 0.146. The van der Waals surface area contributed by atoms with Gasteiger partial charge in [-0.15, -0.1) is 0 Å². The zero-order valence-corrected chi connectivity index (χ0v) is 15.7. The van der Waals surface area contributed by atoms with Gasteiger partial charge in [-0.25, -0.2) is 4.98 Å². The molecule has 0 aliphatic carbocycles. The monoisotopic (exact) mass is 383 g/mol. The number of carbonyl (C=O) groups is 2. The first-order valence-corrected chi connectivity index (χ1v) is 9.68. The van der Waals surface area contributed by atoms with E-state index in [0.29, 0.717) is 20.6 Å². The van der Waals surface area contributed by atoms with Crippen molar-refractivity contribution in [2.75, 3.05) is 11.1 Å². The minimum atomic E-state index is -0.406. The molecule has 0 fully saturated rings. The molecule has 0 unspecified atom stereocenters. The van der Waals surface area contributed by atoms with Crippen molar-refractivity contribution in [3.63, 3.8) is 0 Å². The van der Waals surface area contributed by atoms with Gasteiger partial charge >= 0.3 is 0 Å². The van der Waals surface area contributed by atoms with Crippen LogP contribution in [0, 0.1) is 6.92 Å². The van der Waals surface area contributed by atoms with E-state index in [2.05, 4.69) is 10.3 Å². The predicted molar refractivity (Wildman–Crippen MR) is 107 cm³/mol. The van der Waals surface area contributed by atoms with Crippen molar-refractivity contribution in [1.82, 2.24) is 4.98 Å². The molecule has 132 valence electrons. The normalized spacial score (nSPS) is 10.5. The number of anilines is 1. The molecule has 7 heteroatoms. The van der Waals surface area contributed by atoms with Gasteiger partial charge in [-0.1, -0.05) is 71.1 Å². The summed E-state index contributed by atoms with van der Waals surface area (Å²) >= 11 is 2.60. The van der Waals surface area contributed by atoms with E-state index in [9.17, 15) is 9.59 Å². The number of nitrogens with zero attached hydrogens (tertiary/aromatic N) is 1. The van der Waals surface area contributed by atoms with Gasteiger partial charge in [-0.2, -0.15) is 0 Å². The highest BCUT2D eigenvalue weighted by Gasteiger charge is 2.17. The Kier molecular flexibility index (Phi) is 5.70. The minimum Gasteiger partial charge on any atom is -0.369 e. The Hall–Kier alpha value is -2.64. The topological polar surface area (TPSA) is 85.1 Å². The molecule has 1 heterocycles. The van der Waals surface area contributed by atoms with Crippen LogP contribution in [0.15, 0.2) is 58.9 Å². The summed E-state index contributed by atoms with van der Waals surface area (Å²) in [5.41, 5.74) is 8.46. The molecular formula is C19H17N3O2S2. The zero-order chi connectivity index (χ0) is 18.5. The first kappa shape index (κ1) is 18.2. The second kappa shape index (κ2) is 8.16. The van der Waals surface area contributed by atoms with Gasteiger partial charge in [0.2, 0.25) is 5.91 Å². The van der Waals surface area contributed by atoms with E-state index in [1.165, 1.54) is 23.1 Å². The molecule has 3 rings (SSSR count). The van der Waals surface area contributed by atoms with E-state index < -0.39 is 5.91 Å². The van der Waals surface area contributed by atoms with Gasteiger partial charge in [0.15, 0.2) is 4.34 Å². The van der Waals surface area contributed by atoms with Crippen molar-refractivity contribution in [1.29, 1.82) is 0 Å². The van der Waals surface area contributed by atoms with Crippen LogP contribution in [-0.4, -0.2) is 22.6 Å². The third-order valence-electron chi connectivity index (χ3n) is 3.53. The maximum absolute atomic E-state index is 12.6. The number of nitrogens with two attached hydrogens (primary N) is 1. The number of amides is 2. The third-order valence-corrected chi connectivity index (χ3v) is 5.67. The summed E-state index contributed by atoms with van der Waals surface area (Å²) < 4.78 is 0.682. The quantitative estimate of drug-likeness (QED) is 0.631. The summed E-state index contributed by atoms with van der Waals surface area (Å²) in [6, 6.07) is 17.0. The van der Waals surface area contributed by atoms with E-state index in [1.807, 2.05) is 49.4 Å². The number of hydrogen-bond donors (Lipinski definition) is 2. The van der Waals surface area contributed by atoms with Crippen LogP contribution in [0.2, 0.25) is 0 Å². The van der Waals surface area contributed by atoms with Crippen LogP contribution in [0.5, 0.6) is 0 Å². The number of aromatic nitrogens is 1. The van der Waals surface area contributed by atoms with E-state index in [-0.39, 0.29) is 11.7 Å². The van der Waals surface area contributed by atoms with Crippen LogP contribution in [0.1, 0.15) is 15.9 Å². The largest absolute Gasteiger partial charge is 0.369 e. The number of benzene rings is 2. The number of primary amides is 1. The van der Waals surface area contributed by atoms with Gasteiger partial charge in [0.1, 0.15) is 10.7 Å². The number of thioether (sulfide) groups is 1. The number of carbonyl (C=O) groups excluding carboxylic acids is 2. The molecule has 0 aliphatic heterocycles. The summed E-state index contributed by atoms with van der Waals surface area (Å²) in [5.74, 6) is -0.457. The molecule has 0 aliphatic rings. The van der Waals surface area contributed by atoms with Gasteiger partial charge in [0.25, 0.3) is 5.91 Å². The summed E-state index contributed by atoms with van der Waals surface area (Å²) in [5, 5.41) is 3.59. The zero-order valence-electron chi connectivity index (χ0n) is 14.1. The fourth-order valence-corrected chi connectivity index (χ4v) is 4.05. The molecule has 0 saturated carbocycles. The van der Waals surface area contributed by atoms with Gasteiger partial charge < -0.3 is 11.1 Å². The molecule has 5 nitrogen and oxygen atoms in total. The standard InChI is InChI=1S/C19H17N3O2S2/c1-12-7-9-14(10-8-12)17(24)22-18-16(13-5-3-2-4-6-13)21-19(26-18)25-11-15(20)23/h2-10H,11H2,1H3,(H2,20,23)(H,22,24). The summed E-state index contributed by atoms with van der Waals surface area (Å²) in [4.78, 5) is 28.2. The van der Waals surface area contributed by atoms with Crippen molar-refractivity contribution >= 4 is 39.9 Å². The highest BCUT2D eigenvalue weighted by Crippen LogP contribution is 2.37. The van der Waals surface area contributed by atoms with Crippen molar-refractivity contribution < 1.29 is 9.59 Å². The van der Waals surface area contributed by atoms with Crippen molar-refractivity contribution in [2.24, 2.45) is 5.73 Å². The Morgan fingerprint density at radius 2 is 1.81 bits per heavy atom. The lowest BCUT2D eigenvalue weighted by molar-refractivity contribution is -0.115. The Morgan fingerprint density at radius 3 is 2.46 bits per heavy atom. The van der Waals surface area contributed by atoms with Crippen molar-refractivity contribution in [2.45, 2.75) is 11.3 Å². The highest BCUT2D eigenvalue weighted by molar-refractivity contribution is 8.01. The van der Waals surface area contributed by atoms with Crippen LogP contribution >= 0.6 is 23.1 Å². The molecule has 0 saturated heterocycles. The number of thiazole rings is 1. The molecule has 2 amide bonds. The first-order valence-electron chi connectivity index (χ1n) is 7.88. The Balaban J connectivity index is 1.89. The lowest BCUT2D eigenvalue weighted by Crippen LogP contribution is -2.12. The molecule has 1 aromatic heterocycles. The van der Waals surface area contributed by atoms with Crippen LogP contribution in [0.4, 0.5) is 5.00 Å². The third kappa shape index (κ3) is 4.50. The fourth-order valence-electron chi connectivity index (χ4n) is 2.25. The molecule has 26 heavy (non-hydrogen) atoms. The summed E-state index contributed by atoms with van der Waals surface area (Å²) in [7, 11) is 0. The average molecular weight is 383 g/mol. The van der Waals surface area contributed by atoms with E-state index in [4.69, 9.17) is 5.73 Å². The number of nitrogens with one attached hydrogen (secondary N) is 1. The number of hydrogen-bond acceptors (Lipinski definition) is 5. The number of rotatable bonds is 6. The molecule has 0 bridgehead atoms. The summed E-state index contributed by atoms with van der Waals surface area (Å²) in [6.07, 6.45) is 0. The van der Waals surface area contributed by atoms with Crippen LogP contribution in [0.3, 0.4) is 0 Å². The molecular weight excluding hydrogens is 366 g/mol. The SMILES string of the molecule is Cc1ccc(C(=O)Nc2sc(SCC(N)=O)nc2-c2ccccc2)cc1. The van der Waals surface area contributed by atoms with Gasteiger partial charge in [0, 0.05) is 11.1 Å². The van der Waals surface area contributed by atoms with Gasteiger partial charge in [-0.3, -0.25) is 9.59 Å². The van der Waals surface area contributed by atoms with E-state index in [0.717, 1.165) is 11.1 Å². The van der Waals surface area contributed by atoms with E-state index >= 15 is 0 Å². The average Bonchev–Trinajstić information content (AvgIpc) is 3.04. The van der Waals surface area contributed by atoms with Crippen LogP contribution in [0.25, 0.3) is 11.3 Å². The molecule has 0 atom stereocenters.